The van der Waals surface area contributed by atoms with Crippen molar-refractivity contribution in [1.82, 2.24) is 4.31 Å². The molecule has 3 rings (SSSR count). The first kappa shape index (κ1) is 22.5. The molecule has 0 saturated carbocycles. The first-order valence-corrected chi connectivity index (χ1v) is 11.2. The molecule has 1 N–H and O–H groups in total. The molecule has 0 atom stereocenters. The minimum atomic E-state index is -3.88. The van der Waals surface area contributed by atoms with Crippen LogP contribution in [0.2, 0.25) is 5.02 Å². The smallest absolute Gasteiger partial charge is 0.246 e. The number of anilines is 1. The highest BCUT2D eigenvalue weighted by Gasteiger charge is 2.34. The van der Waals surface area contributed by atoms with Crippen molar-refractivity contribution in [3.8, 4) is 5.75 Å². The molecule has 2 aromatic rings. The lowest BCUT2D eigenvalue weighted by molar-refractivity contribution is -0.120. The Morgan fingerprint density at radius 3 is 2.57 bits per heavy atom. The Bertz CT molecular complexity index is 1040. The number of piperidine rings is 1. The van der Waals surface area contributed by atoms with Crippen LogP contribution in [-0.4, -0.2) is 38.3 Å². The lowest BCUT2D eigenvalue weighted by atomic mass is 9.97. The third-order valence-electron chi connectivity index (χ3n) is 4.83. The third-order valence-corrected chi connectivity index (χ3v) is 6.99. The van der Waals surface area contributed by atoms with Crippen LogP contribution in [0.1, 0.15) is 19.8 Å². The molecule has 30 heavy (non-hydrogen) atoms. The van der Waals surface area contributed by atoms with Gasteiger partial charge in [-0.25, -0.2) is 17.2 Å². The van der Waals surface area contributed by atoms with E-state index in [-0.39, 0.29) is 47.3 Å². The Balaban J connectivity index is 1.70. The van der Waals surface area contributed by atoms with Gasteiger partial charge in [0, 0.05) is 30.1 Å². The minimum absolute atomic E-state index is 0.0263. The number of halogens is 3. The molecule has 1 aliphatic heterocycles. The number of hydrogen-bond acceptors (Lipinski definition) is 4. The van der Waals surface area contributed by atoms with E-state index in [0.29, 0.717) is 6.61 Å². The van der Waals surface area contributed by atoms with Gasteiger partial charge in [0.1, 0.15) is 22.3 Å². The minimum Gasteiger partial charge on any atom is -0.492 e. The Hall–Kier alpha value is -2.23. The van der Waals surface area contributed by atoms with E-state index in [1.54, 1.807) is 13.0 Å². The Morgan fingerprint density at radius 2 is 1.90 bits per heavy atom. The zero-order valence-electron chi connectivity index (χ0n) is 16.2. The highest BCUT2D eigenvalue weighted by atomic mass is 35.5. The van der Waals surface area contributed by atoms with E-state index in [4.69, 9.17) is 16.3 Å². The van der Waals surface area contributed by atoms with Crippen molar-refractivity contribution in [1.29, 1.82) is 0 Å². The van der Waals surface area contributed by atoms with E-state index in [0.717, 1.165) is 18.2 Å². The highest BCUT2D eigenvalue weighted by Crippen LogP contribution is 2.32. The van der Waals surface area contributed by atoms with Gasteiger partial charge in [0.2, 0.25) is 15.9 Å². The van der Waals surface area contributed by atoms with E-state index >= 15 is 0 Å². The molecule has 0 radical (unpaired) electrons. The Kier molecular flexibility index (Phi) is 6.95. The fraction of sp³-hybridized carbons (Fsp3) is 0.350. The normalized spacial score (nSPS) is 15.7. The molecular weight excluding hydrogens is 438 g/mol. The maximum atomic E-state index is 13.7. The van der Waals surface area contributed by atoms with Gasteiger partial charge in [-0.05, 0) is 50.1 Å². The lowest BCUT2D eigenvalue weighted by Gasteiger charge is -2.31. The summed E-state index contributed by atoms with van der Waals surface area (Å²) in [7, 11) is -3.88. The van der Waals surface area contributed by atoms with Crippen LogP contribution < -0.4 is 10.1 Å². The van der Waals surface area contributed by atoms with E-state index in [9.17, 15) is 22.0 Å². The lowest BCUT2D eigenvalue weighted by Crippen LogP contribution is -2.41. The molecule has 0 unspecified atom stereocenters. The first-order chi connectivity index (χ1) is 14.2. The zero-order valence-corrected chi connectivity index (χ0v) is 17.8. The van der Waals surface area contributed by atoms with Gasteiger partial charge in [-0.1, -0.05) is 11.6 Å². The molecule has 0 spiro atoms. The first-order valence-electron chi connectivity index (χ1n) is 9.40. The number of amides is 1. The molecule has 1 saturated heterocycles. The van der Waals surface area contributed by atoms with Crippen LogP contribution in [0.25, 0.3) is 0 Å². The number of carbonyl (C=O) groups excluding carboxylic acids is 1. The Labute approximate surface area is 178 Å². The molecule has 1 aliphatic rings. The standard InChI is InChI=1S/C20H21ClF2N2O4S/c1-2-29-18-6-3-14(21)11-19(18)30(27,28)25-9-7-13(8-10-25)20(26)24-17-12-15(22)4-5-16(17)23/h3-6,11-13H,2,7-10H2,1H3,(H,24,26). The van der Waals surface area contributed by atoms with Crippen molar-refractivity contribution in [3.05, 3.63) is 53.1 Å². The number of carbonyl (C=O) groups is 1. The number of nitrogens with zero attached hydrogens (tertiary/aromatic N) is 1. The number of nitrogens with one attached hydrogen (secondary N) is 1. The van der Waals surface area contributed by atoms with Crippen LogP contribution in [0, 0.1) is 17.6 Å². The predicted molar refractivity (Wildman–Crippen MR) is 109 cm³/mol. The summed E-state index contributed by atoms with van der Waals surface area (Å²) in [6, 6.07) is 7.19. The predicted octanol–water partition coefficient (Wildman–Crippen LogP) is 4.06. The molecule has 2 aromatic carbocycles. The van der Waals surface area contributed by atoms with Gasteiger partial charge >= 0.3 is 0 Å². The summed E-state index contributed by atoms with van der Waals surface area (Å²) >= 11 is 5.98. The third kappa shape index (κ3) is 4.91. The van der Waals surface area contributed by atoms with Gasteiger partial charge < -0.3 is 10.1 Å². The summed E-state index contributed by atoms with van der Waals surface area (Å²) in [5, 5.41) is 2.65. The molecule has 1 fully saturated rings. The van der Waals surface area contributed by atoms with Crippen LogP contribution in [0.4, 0.5) is 14.5 Å². The fourth-order valence-corrected chi connectivity index (χ4v) is 5.15. The van der Waals surface area contributed by atoms with Crippen molar-refractivity contribution in [2.24, 2.45) is 5.92 Å². The second-order valence-corrected chi connectivity index (χ2v) is 9.16. The highest BCUT2D eigenvalue weighted by molar-refractivity contribution is 7.89. The summed E-state index contributed by atoms with van der Waals surface area (Å²) in [6.07, 6.45) is 0.485. The largest absolute Gasteiger partial charge is 0.492 e. The molecule has 0 aromatic heterocycles. The van der Waals surface area contributed by atoms with Gasteiger partial charge in [-0.2, -0.15) is 4.31 Å². The summed E-state index contributed by atoms with van der Waals surface area (Å²) in [5.74, 6) is -2.20. The molecule has 1 amide bonds. The fourth-order valence-electron chi connectivity index (χ4n) is 3.28. The van der Waals surface area contributed by atoms with E-state index in [1.165, 1.54) is 16.4 Å². The molecule has 0 aliphatic carbocycles. The Morgan fingerprint density at radius 1 is 1.20 bits per heavy atom. The van der Waals surface area contributed by atoms with Crippen molar-refractivity contribution in [3.63, 3.8) is 0 Å². The average molecular weight is 459 g/mol. The molecule has 6 nitrogen and oxygen atoms in total. The van der Waals surface area contributed by atoms with Crippen LogP contribution in [0.3, 0.4) is 0 Å². The van der Waals surface area contributed by atoms with Gasteiger partial charge in [0.25, 0.3) is 0 Å². The molecule has 1 heterocycles. The van der Waals surface area contributed by atoms with Crippen molar-refractivity contribution < 1.29 is 26.7 Å². The van der Waals surface area contributed by atoms with Crippen LogP contribution in [0.5, 0.6) is 5.75 Å². The number of ether oxygens (including phenoxy) is 1. The number of sulfonamides is 1. The second-order valence-electron chi connectivity index (χ2n) is 6.82. The quantitative estimate of drug-likeness (QED) is 0.708. The van der Waals surface area contributed by atoms with E-state index in [1.807, 2.05) is 0 Å². The summed E-state index contributed by atoms with van der Waals surface area (Å²) in [4.78, 5) is 12.4. The average Bonchev–Trinajstić information content (AvgIpc) is 2.72. The monoisotopic (exact) mass is 458 g/mol. The zero-order chi connectivity index (χ0) is 21.9. The van der Waals surface area contributed by atoms with Crippen molar-refractivity contribution in [2.45, 2.75) is 24.7 Å². The van der Waals surface area contributed by atoms with Crippen molar-refractivity contribution >= 4 is 33.2 Å². The van der Waals surface area contributed by atoms with Crippen LogP contribution >= 0.6 is 11.6 Å². The summed E-state index contributed by atoms with van der Waals surface area (Å²) < 4.78 is 59.9. The van der Waals surface area contributed by atoms with Crippen LogP contribution in [0.15, 0.2) is 41.3 Å². The second kappa shape index (κ2) is 9.28. The van der Waals surface area contributed by atoms with Gasteiger partial charge in [0.15, 0.2) is 0 Å². The van der Waals surface area contributed by atoms with Gasteiger partial charge in [-0.15, -0.1) is 0 Å². The van der Waals surface area contributed by atoms with Gasteiger partial charge in [0.05, 0.1) is 12.3 Å². The maximum Gasteiger partial charge on any atom is 0.246 e. The molecule has 162 valence electrons. The van der Waals surface area contributed by atoms with Crippen LogP contribution in [-0.2, 0) is 14.8 Å². The number of hydrogen-bond donors (Lipinski definition) is 1. The van der Waals surface area contributed by atoms with Crippen molar-refractivity contribution in [2.75, 3.05) is 25.0 Å². The molecule has 10 heteroatoms. The molecule has 0 bridgehead atoms. The maximum absolute atomic E-state index is 13.7. The SMILES string of the molecule is CCOc1ccc(Cl)cc1S(=O)(=O)N1CCC(C(=O)Nc2cc(F)ccc2F)CC1. The van der Waals surface area contributed by atoms with E-state index < -0.39 is 33.5 Å². The summed E-state index contributed by atoms with van der Waals surface area (Å²) in [6.45, 7) is 2.24. The number of benzene rings is 2. The topological polar surface area (TPSA) is 75.7 Å². The number of rotatable bonds is 6. The van der Waals surface area contributed by atoms with E-state index in [2.05, 4.69) is 5.32 Å². The molecular formula is C20H21ClF2N2O4S. The van der Waals surface area contributed by atoms with Gasteiger partial charge in [-0.3, -0.25) is 4.79 Å². The summed E-state index contributed by atoms with van der Waals surface area (Å²) in [5.41, 5.74) is -0.240.